The number of carbonyl (C=O) groups is 1. The van der Waals surface area contributed by atoms with E-state index in [0.717, 1.165) is 93.3 Å². The number of likely N-dealkylation sites (N-methyl/N-ethyl adjacent to an activating group) is 1. The van der Waals surface area contributed by atoms with E-state index in [2.05, 4.69) is 74.7 Å². The van der Waals surface area contributed by atoms with Crippen LogP contribution in [0.2, 0.25) is 0 Å². The number of hydrogen-bond acceptors (Lipinski definition) is 8. The molecular formula is C35H42N6O2. The third-order valence-electron chi connectivity index (χ3n) is 7.82. The van der Waals surface area contributed by atoms with Gasteiger partial charge in [0.1, 0.15) is 5.75 Å². The summed E-state index contributed by atoms with van der Waals surface area (Å²) >= 11 is 0. The van der Waals surface area contributed by atoms with Gasteiger partial charge in [-0.3, -0.25) is 9.69 Å². The highest BCUT2D eigenvalue weighted by Crippen LogP contribution is 2.26. The molecular weight excluding hydrogens is 536 g/mol. The second kappa shape index (κ2) is 15.3. The molecule has 2 N–H and O–H groups in total. The first-order chi connectivity index (χ1) is 21.1. The summed E-state index contributed by atoms with van der Waals surface area (Å²) in [5, 5.41) is 7.10. The molecule has 224 valence electrons. The highest BCUT2D eigenvalue weighted by Gasteiger charge is 2.21. The number of benzene rings is 2. The standard InChI is InChI=1S/C35H42N6O2/c1-3-9-34(42)28-11-8-18-41(19-14-28)20-16-36-30-22-27-23-31(25-30)38-35-37-15-13-33(39-35)29-10-7-12-32(24-29)43-21-6-4-5-17-40(2)26-27/h4-5,7,10,12-13,15,22-25,28,36H,6,8,11,14,16-21,26H2,1-2H3,(H,37,38,39)/b5-4+. The van der Waals surface area contributed by atoms with Crippen LogP contribution in [-0.2, 0) is 11.3 Å². The molecule has 1 unspecified atom stereocenters. The average Bonchev–Trinajstić information content (AvgIpc) is 3.25. The highest BCUT2D eigenvalue weighted by atomic mass is 16.5. The van der Waals surface area contributed by atoms with Crippen molar-refractivity contribution >= 4 is 23.1 Å². The molecule has 3 aromatic rings. The second-order valence-electron chi connectivity index (χ2n) is 11.3. The van der Waals surface area contributed by atoms with Crippen LogP contribution in [0.4, 0.5) is 17.3 Å². The summed E-state index contributed by atoms with van der Waals surface area (Å²) in [6.45, 7) is 7.70. The molecule has 1 aromatic heterocycles. The maximum absolute atomic E-state index is 12.3. The molecule has 0 amide bonds. The molecule has 0 spiro atoms. The summed E-state index contributed by atoms with van der Waals surface area (Å²) in [6.07, 6.45) is 9.87. The van der Waals surface area contributed by atoms with Gasteiger partial charge in [0.25, 0.3) is 0 Å². The molecule has 0 aliphatic carbocycles. The second-order valence-corrected chi connectivity index (χ2v) is 11.3. The lowest BCUT2D eigenvalue weighted by molar-refractivity contribution is -0.117. The molecule has 2 aliphatic heterocycles. The number of anilines is 3. The Morgan fingerprint density at radius 3 is 2.98 bits per heavy atom. The molecule has 0 radical (unpaired) electrons. The maximum Gasteiger partial charge on any atom is 0.227 e. The van der Waals surface area contributed by atoms with Crippen LogP contribution in [0.1, 0.15) is 38.2 Å². The summed E-state index contributed by atoms with van der Waals surface area (Å²) < 4.78 is 5.98. The number of nitrogens with one attached hydrogen (secondary N) is 2. The Labute approximate surface area is 255 Å². The first kappa shape index (κ1) is 30.3. The van der Waals surface area contributed by atoms with Gasteiger partial charge in [0.05, 0.1) is 12.3 Å². The number of ether oxygens (including phenoxy) is 1. The molecule has 1 fully saturated rings. The summed E-state index contributed by atoms with van der Waals surface area (Å²) in [6, 6.07) is 16.5. The molecule has 8 heteroatoms. The number of carbonyl (C=O) groups excluding carboxylic acids is 1. The van der Waals surface area contributed by atoms with Crippen molar-refractivity contribution < 1.29 is 9.53 Å². The lowest BCUT2D eigenvalue weighted by Gasteiger charge is -2.21. The fourth-order valence-electron chi connectivity index (χ4n) is 5.63. The van der Waals surface area contributed by atoms with Crippen LogP contribution in [0.3, 0.4) is 0 Å². The number of fused-ring (bicyclic) bond motifs is 7. The first-order valence-electron chi connectivity index (χ1n) is 15.3. The van der Waals surface area contributed by atoms with E-state index in [1.807, 2.05) is 30.3 Å². The van der Waals surface area contributed by atoms with Crippen LogP contribution >= 0.6 is 0 Å². The first-order valence-corrected chi connectivity index (χ1v) is 15.3. The minimum absolute atomic E-state index is 0.0726. The Morgan fingerprint density at radius 2 is 2.07 bits per heavy atom. The van der Waals surface area contributed by atoms with Crippen molar-refractivity contribution in [2.75, 3.05) is 57.0 Å². The van der Waals surface area contributed by atoms with Crippen LogP contribution in [0.5, 0.6) is 5.75 Å². The van der Waals surface area contributed by atoms with E-state index >= 15 is 0 Å². The molecule has 2 aliphatic rings. The topological polar surface area (TPSA) is 82.6 Å². The molecule has 1 atom stereocenters. The van der Waals surface area contributed by atoms with Gasteiger partial charge in [0.15, 0.2) is 0 Å². The van der Waals surface area contributed by atoms with Gasteiger partial charge in [-0.15, -0.1) is 0 Å². The van der Waals surface area contributed by atoms with Crippen LogP contribution in [-0.4, -0.2) is 71.9 Å². The molecule has 2 aromatic carbocycles. The fraction of sp³-hybridized carbons (Fsp3) is 0.400. The molecule has 6 bridgehead atoms. The van der Waals surface area contributed by atoms with Crippen LogP contribution in [0, 0.1) is 17.8 Å². The number of rotatable bonds is 5. The van der Waals surface area contributed by atoms with E-state index in [1.165, 1.54) is 5.56 Å². The summed E-state index contributed by atoms with van der Waals surface area (Å²) in [7, 11) is 2.13. The maximum atomic E-state index is 12.3. The Hall–Kier alpha value is -4.19. The largest absolute Gasteiger partial charge is 0.493 e. The molecule has 5 rings (SSSR count). The molecule has 43 heavy (non-hydrogen) atoms. The smallest absolute Gasteiger partial charge is 0.227 e. The highest BCUT2D eigenvalue weighted by molar-refractivity contribution is 5.97. The lowest BCUT2D eigenvalue weighted by Crippen LogP contribution is -2.30. The minimum Gasteiger partial charge on any atom is -0.493 e. The number of Topliss-reactive ketones (excluding diaryl/α,β-unsaturated/α-hetero) is 1. The van der Waals surface area contributed by atoms with Gasteiger partial charge in [-0.05, 0) is 101 Å². The van der Waals surface area contributed by atoms with Crippen LogP contribution in [0.25, 0.3) is 11.3 Å². The van der Waals surface area contributed by atoms with E-state index < -0.39 is 0 Å². The molecule has 1 saturated heterocycles. The Kier molecular flexibility index (Phi) is 10.8. The Balaban J connectivity index is 1.31. The molecule has 3 heterocycles. The third-order valence-corrected chi connectivity index (χ3v) is 7.82. The van der Waals surface area contributed by atoms with E-state index in [9.17, 15) is 4.79 Å². The normalized spacial score (nSPS) is 18.8. The van der Waals surface area contributed by atoms with Crippen molar-refractivity contribution in [1.29, 1.82) is 0 Å². The lowest BCUT2D eigenvalue weighted by atomic mass is 9.96. The van der Waals surface area contributed by atoms with Crippen molar-refractivity contribution in [3.8, 4) is 28.8 Å². The van der Waals surface area contributed by atoms with Crippen LogP contribution in [0.15, 0.2) is 66.9 Å². The van der Waals surface area contributed by atoms with Gasteiger partial charge in [-0.1, -0.05) is 30.2 Å². The molecule has 0 saturated carbocycles. The zero-order valence-electron chi connectivity index (χ0n) is 25.3. The summed E-state index contributed by atoms with van der Waals surface area (Å²) in [5.74, 6) is 7.06. The van der Waals surface area contributed by atoms with E-state index in [-0.39, 0.29) is 11.7 Å². The minimum atomic E-state index is 0.0726. The van der Waals surface area contributed by atoms with Gasteiger partial charge in [0, 0.05) is 55.2 Å². The number of likely N-dealkylation sites (tertiary alicyclic amines) is 1. The SMILES string of the molecule is CC#CC(=O)C1CCCN(CCNc2cc3cc(c2)Nc2nccc(n2)-c2cccc(c2)OCC/C=C/CN(C)C3)CC1. The quantitative estimate of drug-likeness (QED) is 0.225. The average molecular weight is 579 g/mol. The molecule has 8 nitrogen and oxygen atoms in total. The third kappa shape index (κ3) is 9.15. The number of hydrogen-bond donors (Lipinski definition) is 2. The van der Waals surface area contributed by atoms with E-state index in [4.69, 9.17) is 9.72 Å². The van der Waals surface area contributed by atoms with E-state index in [0.29, 0.717) is 12.6 Å². The fourth-order valence-corrected chi connectivity index (χ4v) is 5.63. The monoisotopic (exact) mass is 578 g/mol. The van der Waals surface area contributed by atoms with Crippen LogP contribution < -0.4 is 15.4 Å². The zero-order chi connectivity index (χ0) is 29.9. The predicted molar refractivity (Wildman–Crippen MR) is 174 cm³/mol. The van der Waals surface area contributed by atoms with Crippen molar-refractivity contribution in [2.45, 2.75) is 39.2 Å². The number of nitrogens with zero attached hydrogens (tertiary/aromatic N) is 4. The van der Waals surface area contributed by atoms with Gasteiger partial charge in [-0.2, -0.15) is 0 Å². The van der Waals surface area contributed by atoms with Crippen molar-refractivity contribution in [3.63, 3.8) is 0 Å². The Bertz CT molecular complexity index is 1480. The van der Waals surface area contributed by atoms with Gasteiger partial charge < -0.3 is 20.3 Å². The zero-order valence-corrected chi connectivity index (χ0v) is 25.3. The van der Waals surface area contributed by atoms with Gasteiger partial charge >= 0.3 is 0 Å². The number of aromatic nitrogens is 2. The van der Waals surface area contributed by atoms with E-state index in [1.54, 1.807) is 13.1 Å². The van der Waals surface area contributed by atoms with Crippen molar-refractivity contribution in [3.05, 3.63) is 72.4 Å². The van der Waals surface area contributed by atoms with Crippen molar-refractivity contribution in [1.82, 2.24) is 19.8 Å². The summed E-state index contributed by atoms with van der Waals surface area (Å²) in [5.41, 5.74) is 5.01. The van der Waals surface area contributed by atoms with Crippen molar-refractivity contribution in [2.24, 2.45) is 5.92 Å². The van der Waals surface area contributed by atoms with Gasteiger partial charge in [-0.25, -0.2) is 9.97 Å². The summed E-state index contributed by atoms with van der Waals surface area (Å²) in [4.78, 5) is 26.3. The number of ketones is 1. The van der Waals surface area contributed by atoms with Gasteiger partial charge in [0.2, 0.25) is 11.7 Å². The Morgan fingerprint density at radius 1 is 1.14 bits per heavy atom. The predicted octanol–water partition coefficient (Wildman–Crippen LogP) is 5.76.